The first-order chi connectivity index (χ1) is 8.29. The van der Waals surface area contributed by atoms with Gasteiger partial charge in [0, 0.05) is 23.9 Å². The first-order valence-corrected chi connectivity index (χ1v) is 6.60. The second-order valence-electron chi connectivity index (χ2n) is 3.87. The van der Waals surface area contributed by atoms with E-state index >= 15 is 0 Å². The maximum absolute atomic E-state index is 6.18. The molecular weight excluding hydrogens is 291 g/mol. The summed E-state index contributed by atoms with van der Waals surface area (Å²) in [5.74, 6) is 0.828. The van der Waals surface area contributed by atoms with Crippen LogP contribution in [0.1, 0.15) is 0 Å². The fourth-order valence-electron chi connectivity index (χ4n) is 1.89. The number of halogens is 2. The highest BCUT2D eigenvalue weighted by molar-refractivity contribution is 8.00. The summed E-state index contributed by atoms with van der Waals surface area (Å²) in [6.45, 7) is 1.50. The molecule has 0 saturated heterocycles. The zero-order valence-corrected chi connectivity index (χ0v) is 11.8. The molecule has 3 rings (SSSR count). The Labute approximate surface area is 120 Å². The molecule has 1 aliphatic heterocycles. The standard InChI is InChI=1S/C11H11ClN4S.ClH/c12-9-4-2-1-3-8(9)10-14-15-11-16(10)6-7(5-13)17-11;/h1-4,7H,5-6,13H2;1H. The number of fused-ring (bicyclic) bond motifs is 1. The number of benzene rings is 1. The molecule has 0 bridgehead atoms. The van der Waals surface area contributed by atoms with Crippen molar-refractivity contribution < 1.29 is 0 Å². The van der Waals surface area contributed by atoms with Gasteiger partial charge in [-0.1, -0.05) is 35.5 Å². The third-order valence-corrected chi connectivity index (χ3v) is 4.27. The SMILES string of the molecule is Cl.NCC1Cn2c(nnc2-c2ccccc2Cl)S1. The molecule has 4 nitrogen and oxygen atoms in total. The molecule has 0 radical (unpaired) electrons. The minimum atomic E-state index is 0. The average molecular weight is 303 g/mol. The van der Waals surface area contributed by atoms with Crippen LogP contribution in [0.3, 0.4) is 0 Å². The van der Waals surface area contributed by atoms with Gasteiger partial charge in [0.2, 0.25) is 0 Å². The van der Waals surface area contributed by atoms with Crippen LogP contribution in [0.15, 0.2) is 29.4 Å². The number of rotatable bonds is 2. The Kier molecular flexibility index (Phi) is 4.17. The molecule has 1 aromatic carbocycles. The smallest absolute Gasteiger partial charge is 0.191 e. The van der Waals surface area contributed by atoms with Crippen LogP contribution >= 0.6 is 35.8 Å². The van der Waals surface area contributed by atoms with E-state index in [1.807, 2.05) is 24.3 Å². The summed E-state index contributed by atoms with van der Waals surface area (Å²) in [4.78, 5) is 0. The molecular formula is C11H12Cl2N4S. The lowest BCUT2D eigenvalue weighted by Crippen LogP contribution is -2.17. The van der Waals surface area contributed by atoms with Crippen molar-refractivity contribution in [2.24, 2.45) is 5.73 Å². The van der Waals surface area contributed by atoms with Gasteiger partial charge >= 0.3 is 0 Å². The summed E-state index contributed by atoms with van der Waals surface area (Å²) >= 11 is 7.85. The minimum absolute atomic E-state index is 0. The van der Waals surface area contributed by atoms with E-state index in [1.165, 1.54) is 0 Å². The van der Waals surface area contributed by atoms with Crippen LogP contribution in [0.25, 0.3) is 11.4 Å². The Morgan fingerprint density at radius 2 is 2.17 bits per heavy atom. The molecule has 1 aliphatic rings. The number of nitrogens with two attached hydrogens (primary N) is 1. The Hall–Kier alpha value is -0.750. The van der Waals surface area contributed by atoms with Gasteiger partial charge in [-0.05, 0) is 12.1 Å². The average Bonchev–Trinajstić information content (AvgIpc) is 2.89. The van der Waals surface area contributed by atoms with Crippen molar-refractivity contribution in [3.05, 3.63) is 29.3 Å². The third-order valence-electron chi connectivity index (χ3n) is 2.75. The summed E-state index contributed by atoms with van der Waals surface area (Å²) in [6.07, 6.45) is 0. The molecule has 2 heterocycles. The molecule has 7 heteroatoms. The molecule has 0 saturated carbocycles. The lowest BCUT2D eigenvalue weighted by atomic mass is 10.2. The quantitative estimate of drug-likeness (QED) is 0.926. The van der Waals surface area contributed by atoms with Crippen LogP contribution in [0.4, 0.5) is 0 Å². The van der Waals surface area contributed by atoms with Gasteiger partial charge in [-0.2, -0.15) is 0 Å². The largest absolute Gasteiger partial charge is 0.329 e. The normalized spacial score (nSPS) is 17.3. The van der Waals surface area contributed by atoms with E-state index in [1.54, 1.807) is 11.8 Å². The van der Waals surface area contributed by atoms with E-state index in [-0.39, 0.29) is 12.4 Å². The summed E-state index contributed by atoms with van der Waals surface area (Å²) in [5.41, 5.74) is 6.61. The van der Waals surface area contributed by atoms with E-state index in [0.717, 1.165) is 23.1 Å². The molecule has 1 aromatic heterocycles. The minimum Gasteiger partial charge on any atom is -0.329 e. The van der Waals surface area contributed by atoms with Crippen molar-refractivity contribution in [1.82, 2.24) is 14.8 Å². The lowest BCUT2D eigenvalue weighted by Gasteiger charge is -2.06. The monoisotopic (exact) mass is 302 g/mol. The van der Waals surface area contributed by atoms with E-state index in [0.29, 0.717) is 16.8 Å². The molecule has 18 heavy (non-hydrogen) atoms. The molecule has 0 spiro atoms. The fourth-order valence-corrected chi connectivity index (χ4v) is 3.11. The Morgan fingerprint density at radius 1 is 1.39 bits per heavy atom. The van der Waals surface area contributed by atoms with Gasteiger partial charge in [-0.25, -0.2) is 0 Å². The fraction of sp³-hybridized carbons (Fsp3) is 0.273. The van der Waals surface area contributed by atoms with Gasteiger partial charge in [-0.15, -0.1) is 22.6 Å². The number of hydrogen-bond acceptors (Lipinski definition) is 4. The van der Waals surface area contributed by atoms with Crippen molar-refractivity contribution in [3.63, 3.8) is 0 Å². The number of nitrogens with zero attached hydrogens (tertiary/aromatic N) is 3. The van der Waals surface area contributed by atoms with E-state index < -0.39 is 0 Å². The summed E-state index contributed by atoms with van der Waals surface area (Å²) < 4.78 is 2.09. The molecule has 0 aliphatic carbocycles. The molecule has 2 N–H and O–H groups in total. The molecule has 1 atom stereocenters. The highest BCUT2D eigenvalue weighted by atomic mass is 35.5. The Morgan fingerprint density at radius 3 is 2.89 bits per heavy atom. The van der Waals surface area contributed by atoms with Gasteiger partial charge in [0.05, 0.1) is 5.02 Å². The topological polar surface area (TPSA) is 56.7 Å². The maximum atomic E-state index is 6.18. The summed E-state index contributed by atoms with van der Waals surface area (Å²) in [7, 11) is 0. The van der Waals surface area contributed by atoms with E-state index in [4.69, 9.17) is 17.3 Å². The molecule has 96 valence electrons. The van der Waals surface area contributed by atoms with Gasteiger partial charge in [0.25, 0.3) is 0 Å². The van der Waals surface area contributed by atoms with Crippen LogP contribution in [0.2, 0.25) is 5.02 Å². The zero-order chi connectivity index (χ0) is 11.8. The molecule has 1 unspecified atom stereocenters. The maximum Gasteiger partial charge on any atom is 0.191 e. The molecule has 2 aromatic rings. The summed E-state index contributed by atoms with van der Waals surface area (Å²) in [5, 5.41) is 10.4. The third kappa shape index (κ3) is 2.23. The van der Waals surface area contributed by atoms with Crippen molar-refractivity contribution in [2.45, 2.75) is 17.0 Å². The van der Waals surface area contributed by atoms with E-state index in [9.17, 15) is 0 Å². The first-order valence-electron chi connectivity index (χ1n) is 5.34. The van der Waals surface area contributed by atoms with Gasteiger partial charge in [-0.3, -0.25) is 0 Å². The van der Waals surface area contributed by atoms with Crippen LogP contribution in [0.5, 0.6) is 0 Å². The van der Waals surface area contributed by atoms with Crippen molar-refractivity contribution >= 4 is 35.8 Å². The lowest BCUT2D eigenvalue weighted by molar-refractivity contribution is 0.655. The van der Waals surface area contributed by atoms with Crippen molar-refractivity contribution in [3.8, 4) is 11.4 Å². The predicted molar refractivity (Wildman–Crippen MR) is 76.4 cm³/mol. The zero-order valence-electron chi connectivity index (χ0n) is 9.41. The van der Waals surface area contributed by atoms with Crippen molar-refractivity contribution in [1.29, 1.82) is 0 Å². The van der Waals surface area contributed by atoms with Crippen LogP contribution < -0.4 is 5.73 Å². The van der Waals surface area contributed by atoms with Gasteiger partial charge in [0.1, 0.15) is 0 Å². The van der Waals surface area contributed by atoms with Gasteiger partial charge < -0.3 is 10.3 Å². The second kappa shape index (κ2) is 5.48. The number of thioether (sulfide) groups is 1. The number of aromatic nitrogens is 3. The second-order valence-corrected chi connectivity index (χ2v) is 5.55. The summed E-state index contributed by atoms with van der Waals surface area (Å²) in [6, 6.07) is 7.68. The van der Waals surface area contributed by atoms with Crippen molar-refractivity contribution in [2.75, 3.05) is 6.54 Å². The highest BCUT2D eigenvalue weighted by Gasteiger charge is 2.26. The van der Waals surface area contributed by atoms with Crippen LogP contribution in [-0.4, -0.2) is 26.6 Å². The predicted octanol–water partition coefficient (Wildman–Crippen LogP) is 2.45. The van der Waals surface area contributed by atoms with Crippen LogP contribution in [-0.2, 0) is 6.54 Å². The van der Waals surface area contributed by atoms with Gasteiger partial charge in [0.15, 0.2) is 11.0 Å². The highest BCUT2D eigenvalue weighted by Crippen LogP contribution is 2.35. The van der Waals surface area contributed by atoms with Crippen LogP contribution in [0, 0.1) is 0 Å². The molecule has 0 amide bonds. The Balaban J connectivity index is 0.00000120. The van der Waals surface area contributed by atoms with E-state index in [2.05, 4.69) is 14.8 Å². The Bertz CT molecular complexity index is 558. The molecule has 0 fully saturated rings. The first kappa shape index (κ1) is 13.7. The number of hydrogen-bond donors (Lipinski definition) is 1.